The Labute approximate surface area is 152 Å². The molecule has 0 amide bonds. The first-order valence-corrected chi connectivity index (χ1v) is 9.01. The number of hydrogen-bond acceptors (Lipinski definition) is 6. The van der Waals surface area contributed by atoms with Gasteiger partial charge in [-0.15, -0.1) is 0 Å². The first-order chi connectivity index (χ1) is 12.7. The summed E-state index contributed by atoms with van der Waals surface area (Å²) in [5.41, 5.74) is 0.629. The van der Waals surface area contributed by atoms with E-state index in [1.54, 1.807) is 6.07 Å². The molecule has 0 atom stereocenters. The summed E-state index contributed by atoms with van der Waals surface area (Å²) in [6.45, 7) is 1.91. The molecule has 0 saturated heterocycles. The van der Waals surface area contributed by atoms with Gasteiger partial charge in [0.25, 0.3) is 5.56 Å². The van der Waals surface area contributed by atoms with Crippen LogP contribution in [-0.4, -0.2) is 20.6 Å². The van der Waals surface area contributed by atoms with Gasteiger partial charge in [-0.3, -0.25) is 4.79 Å². The molecule has 2 heterocycles. The van der Waals surface area contributed by atoms with E-state index in [1.165, 1.54) is 21.9 Å². The minimum absolute atomic E-state index is 0.0623. The zero-order valence-corrected chi connectivity index (χ0v) is 14.8. The quantitative estimate of drug-likeness (QED) is 0.519. The van der Waals surface area contributed by atoms with Crippen LogP contribution in [0.2, 0.25) is 0 Å². The fraction of sp³-hybridized carbons (Fsp3) is 0.158. The summed E-state index contributed by atoms with van der Waals surface area (Å²) in [7, 11) is 0. The van der Waals surface area contributed by atoms with Gasteiger partial charge in [-0.25, -0.2) is 9.78 Å². The van der Waals surface area contributed by atoms with E-state index in [1.807, 2.05) is 43.3 Å². The lowest BCUT2D eigenvalue weighted by molar-refractivity contribution is 0.0470. The molecule has 4 rings (SSSR count). The SMILES string of the molecule is CCc1nn2c(=O)cc(COC(=O)c3cccc4ccccc34)nc2s1. The highest BCUT2D eigenvalue weighted by Gasteiger charge is 2.13. The van der Waals surface area contributed by atoms with E-state index in [0.717, 1.165) is 22.2 Å². The maximum absolute atomic E-state index is 12.5. The lowest BCUT2D eigenvalue weighted by atomic mass is 10.1. The molecule has 2 aromatic heterocycles. The highest BCUT2D eigenvalue weighted by molar-refractivity contribution is 7.16. The van der Waals surface area contributed by atoms with Gasteiger partial charge in [0, 0.05) is 6.07 Å². The smallest absolute Gasteiger partial charge is 0.339 e. The van der Waals surface area contributed by atoms with Gasteiger partial charge in [0.2, 0.25) is 4.96 Å². The summed E-state index contributed by atoms with van der Waals surface area (Å²) in [6.07, 6.45) is 0.735. The minimum Gasteiger partial charge on any atom is -0.456 e. The van der Waals surface area contributed by atoms with Gasteiger partial charge in [0.1, 0.15) is 11.6 Å². The lowest BCUT2D eigenvalue weighted by Gasteiger charge is -2.07. The van der Waals surface area contributed by atoms with Crippen molar-refractivity contribution in [2.24, 2.45) is 0 Å². The Kier molecular flexibility index (Phi) is 4.22. The van der Waals surface area contributed by atoms with Crippen LogP contribution in [0.4, 0.5) is 0 Å². The number of nitrogens with zero attached hydrogens (tertiary/aromatic N) is 3. The summed E-state index contributed by atoms with van der Waals surface area (Å²) in [5, 5.41) is 6.84. The Morgan fingerprint density at radius 1 is 1.19 bits per heavy atom. The van der Waals surface area contributed by atoms with E-state index in [2.05, 4.69) is 10.1 Å². The molecule has 0 aliphatic rings. The fourth-order valence-corrected chi connectivity index (χ4v) is 3.59. The molecule has 2 aromatic carbocycles. The van der Waals surface area contributed by atoms with E-state index >= 15 is 0 Å². The largest absolute Gasteiger partial charge is 0.456 e. The van der Waals surface area contributed by atoms with E-state index in [4.69, 9.17) is 4.74 Å². The maximum atomic E-state index is 12.5. The number of carbonyl (C=O) groups excluding carboxylic acids is 1. The minimum atomic E-state index is -0.442. The summed E-state index contributed by atoms with van der Waals surface area (Å²) in [6, 6.07) is 14.5. The van der Waals surface area contributed by atoms with E-state index in [0.29, 0.717) is 16.2 Å². The fourth-order valence-electron chi connectivity index (χ4n) is 2.73. The molecule has 130 valence electrons. The summed E-state index contributed by atoms with van der Waals surface area (Å²) < 4.78 is 6.67. The number of hydrogen-bond donors (Lipinski definition) is 0. The molecule has 0 aliphatic carbocycles. The first-order valence-electron chi connectivity index (χ1n) is 8.19. The Bertz CT molecular complexity index is 1170. The lowest BCUT2D eigenvalue weighted by Crippen LogP contribution is -2.16. The van der Waals surface area contributed by atoms with Crippen LogP contribution in [0.5, 0.6) is 0 Å². The molecular formula is C19H15N3O3S. The van der Waals surface area contributed by atoms with Crippen molar-refractivity contribution in [2.75, 3.05) is 0 Å². The third-order valence-electron chi connectivity index (χ3n) is 4.00. The Morgan fingerprint density at radius 2 is 2.00 bits per heavy atom. The molecule has 0 unspecified atom stereocenters. The van der Waals surface area contributed by atoms with E-state index in [-0.39, 0.29) is 12.2 Å². The third-order valence-corrected chi connectivity index (χ3v) is 5.06. The molecule has 0 spiro atoms. The summed E-state index contributed by atoms with van der Waals surface area (Å²) >= 11 is 1.36. The second-order valence-electron chi connectivity index (χ2n) is 5.73. The number of esters is 1. The number of aryl methyl sites for hydroxylation is 1. The van der Waals surface area contributed by atoms with Crippen molar-refractivity contribution in [1.82, 2.24) is 14.6 Å². The Morgan fingerprint density at radius 3 is 2.85 bits per heavy atom. The van der Waals surface area contributed by atoms with Gasteiger partial charge in [0.05, 0.1) is 11.3 Å². The molecule has 7 heteroatoms. The van der Waals surface area contributed by atoms with Crippen molar-refractivity contribution < 1.29 is 9.53 Å². The van der Waals surface area contributed by atoms with Gasteiger partial charge >= 0.3 is 5.97 Å². The van der Waals surface area contributed by atoms with E-state index in [9.17, 15) is 9.59 Å². The second kappa shape index (κ2) is 6.68. The average Bonchev–Trinajstić information content (AvgIpc) is 3.09. The molecule has 26 heavy (non-hydrogen) atoms. The zero-order chi connectivity index (χ0) is 18.1. The molecule has 0 radical (unpaired) electrons. The molecule has 0 N–H and O–H groups in total. The number of benzene rings is 2. The van der Waals surface area contributed by atoms with Gasteiger partial charge in [0.15, 0.2) is 0 Å². The van der Waals surface area contributed by atoms with Gasteiger partial charge < -0.3 is 4.74 Å². The molecule has 0 aliphatic heterocycles. The van der Waals surface area contributed by atoms with Crippen LogP contribution >= 0.6 is 11.3 Å². The number of carbonyl (C=O) groups is 1. The Hall–Kier alpha value is -3.06. The van der Waals surface area contributed by atoms with Gasteiger partial charge in [-0.05, 0) is 23.3 Å². The molecule has 0 bridgehead atoms. The van der Waals surface area contributed by atoms with Crippen LogP contribution in [-0.2, 0) is 17.8 Å². The van der Waals surface area contributed by atoms with Gasteiger partial charge in [-0.1, -0.05) is 54.7 Å². The third kappa shape index (κ3) is 2.97. The van der Waals surface area contributed by atoms with Gasteiger partial charge in [-0.2, -0.15) is 9.61 Å². The van der Waals surface area contributed by atoms with Crippen molar-refractivity contribution in [3.63, 3.8) is 0 Å². The average molecular weight is 365 g/mol. The van der Waals surface area contributed by atoms with Crippen molar-refractivity contribution >= 4 is 33.0 Å². The van der Waals surface area contributed by atoms with Crippen LogP contribution in [0.25, 0.3) is 15.7 Å². The molecular weight excluding hydrogens is 350 g/mol. The standard InChI is InChI=1S/C19H15N3O3S/c1-2-16-21-22-17(23)10-13(20-19(22)26-16)11-25-18(24)15-9-5-7-12-6-3-4-8-14(12)15/h3-10H,2,11H2,1H3. The normalized spacial score (nSPS) is 11.1. The highest BCUT2D eigenvalue weighted by Crippen LogP contribution is 2.19. The second-order valence-corrected chi connectivity index (χ2v) is 6.77. The van der Waals surface area contributed by atoms with Crippen molar-refractivity contribution in [1.29, 1.82) is 0 Å². The maximum Gasteiger partial charge on any atom is 0.339 e. The van der Waals surface area contributed by atoms with Crippen LogP contribution in [0, 0.1) is 0 Å². The Balaban J connectivity index is 1.59. The monoisotopic (exact) mass is 365 g/mol. The number of rotatable bonds is 4. The topological polar surface area (TPSA) is 73.6 Å². The number of fused-ring (bicyclic) bond motifs is 2. The molecule has 0 fully saturated rings. The summed E-state index contributed by atoms with van der Waals surface area (Å²) in [4.78, 5) is 29.5. The number of aromatic nitrogens is 3. The molecule has 0 saturated carbocycles. The predicted molar refractivity (Wildman–Crippen MR) is 99.6 cm³/mol. The van der Waals surface area contributed by atoms with Crippen LogP contribution in [0.1, 0.15) is 28.0 Å². The molecule has 6 nitrogen and oxygen atoms in total. The first kappa shape index (κ1) is 16.4. The van der Waals surface area contributed by atoms with Crippen LogP contribution < -0.4 is 5.56 Å². The van der Waals surface area contributed by atoms with Crippen LogP contribution in [0.15, 0.2) is 53.3 Å². The summed E-state index contributed by atoms with van der Waals surface area (Å²) in [5.74, 6) is -0.442. The van der Waals surface area contributed by atoms with Crippen molar-refractivity contribution in [2.45, 2.75) is 20.0 Å². The predicted octanol–water partition coefficient (Wildman–Crippen LogP) is 3.22. The van der Waals surface area contributed by atoms with Crippen molar-refractivity contribution in [3.05, 3.63) is 75.1 Å². The highest BCUT2D eigenvalue weighted by atomic mass is 32.1. The van der Waals surface area contributed by atoms with Crippen molar-refractivity contribution in [3.8, 4) is 0 Å². The van der Waals surface area contributed by atoms with E-state index < -0.39 is 5.97 Å². The van der Waals surface area contributed by atoms with Crippen LogP contribution in [0.3, 0.4) is 0 Å². The number of ether oxygens (including phenoxy) is 1. The zero-order valence-electron chi connectivity index (χ0n) is 14.0. The molecule has 4 aromatic rings.